The highest BCUT2D eigenvalue weighted by atomic mass is 16.5. The van der Waals surface area contributed by atoms with Crippen molar-refractivity contribution in [2.45, 2.75) is 20.1 Å². The molecule has 4 heteroatoms. The summed E-state index contributed by atoms with van der Waals surface area (Å²) in [5, 5.41) is 17.7. The lowest BCUT2D eigenvalue weighted by molar-refractivity contribution is 0.262. The van der Waals surface area contributed by atoms with Gasteiger partial charge in [-0.05, 0) is 6.92 Å². The summed E-state index contributed by atoms with van der Waals surface area (Å²) in [6.07, 6.45) is 0. The molecule has 0 atom stereocenters. The topological polar surface area (TPSA) is 62.6 Å². The van der Waals surface area contributed by atoms with Gasteiger partial charge in [-0.1, -0.05) is 0 Å². The van der Waals surface area contributed by atoms with Crippen LogP contribution in [-0.2, 0) is 13.2 Å². The van der Waals surface area contributed by atoms with E-state index in [9.17, 15) is 0 Å². The summed E-state index contributed by atoms with van der Waals surface area (Å²) in [4.78, 5) is 3.97. The molecule has 72 valence electrons. The SMILES string of the molecule is CCOc1cc(CO)nc(CO)c1. The molecule has 1 heterocycles. The molecule has 0 aliphatic heterocycles. The van der Waals surface area contributed by atoms with Crippen molar-refractivity contribution >= 4 is 0 Å². The molecule has 0 fully saturated rings. The van der Waals surface area contributed by atoms with Gasteiger partial charge in [0.25, 0.3) is 0 Å². The summed E-state index contributed by atoms with van der Waals surface area (Å²) in [6, 6.07) is 3.31. The van der Waals surface area contributed by atoms with Gasteiger partial charge in [0.15, 0.2) is 0 Å². The Kier molecular flexibility index (Phi) is 3.67. The minimum Gasteiger partial charge on any atom is -0.494 e. The van der Waals surface area contributed by atoms with Gasteiger partial charge in [0.2, 0.25) is 0 Å². The number of pyridine rings is 1. The molecule has 0 amide bonds. The Morgan fingerprint density at radius 2 is 1.77 bits per heavy atom. The lowest BCUT2D eigenvalue weighted by atomic mass is 10.3. The summed E-state index contributed by atoms with van der Waals surface area (Å²) in [5.74, 6) is 0.630. The van der Waals surface area contributed by atoms with E-state index in [-0.39, 0.29) is 13.2 Å². The van der Waals surface area contributed by atoms with Gasteiger partial charge < -0.3 is 14.9 Å². The third kappa shape index (κ3) is 2.68. The summed E-state index contributed by atoms with van der Waals surface area (Å²) in [6.45, 7) is 2.14. The van der Waals surface area contributed by atoms with Crippen LogP contribution in [0.5, 0.6) is 5.75 Å². The van der Waals surface area contributed by atoms with E-state index < -0.39 is 0 Å². The van der Waals surface area contributed by atoms with Crippen molar-refractivity contribution in [2.75, 3.05) is 6.61 Å². The maximum absolute atomic E-state index is 8.85. The van der Waals surface area contributed by atoms with Gasteiger partial charge in [0, 0.05) is 12.1 Å². The molecule has 0 unspecified atom stereocenters. The van der Waals surface area contributed by atoms with Gasteiger partial charge in [-0.3, -0.25) is 4.98 Å². The van der Waals surface area contributed by atoms with E-state index in [0.717, 1.165) is 0 Å². The normalized spacial score (nSPS) is 10.1. The van der Waals surface area contributed by atoms with E-state index in [1.807, 2.05) is 6.92 Å². The van der Waals surface area contributed by atoms with Crippen LogP contribution in [0.15, 0.2) is 12.1 Å². The smallest absolute Gasteiger partial charge is 0.123 e. The monoisotopic (exact) mass is 183 g/mol. The first-order valence-corrected chi connectivity index (χ1v) is 4.14. The first-order chi connectivity index (χ1) is 6.30. The van der Waals surface area contributed by atoms with Crippen LogP contribution in [-0.4, -0.2) is 21.8 Å². The predicted octanol–water partition coefficient (Wildman–Crippen LogP) is 0.465. The van der Waals surface area contributed by atoms with Crippen molar-refractivity contribution in [3.8, 4) is 5.75 Å². The zero-order valence-corrected chi connectivity index (χ0v) is 7.53. The number of hydrogen-bond donors (Lipinski definition) is 2. The number of nitrogens with zero attached hydrogens (tertiary/aromatic N) is 1. The van der Waals surface area contributed by atoms with E-state index in [4.69, 9.17) is 14.9 Å². The molecule has 13 heavy (non-hydrogen) atoms. The minimum atomic E-state index is -0.145. The Bertz CT molecular complexity index is 253. The Hall–Kier alpha value is -1.13. The molecule has 0 aromatic carbocycles. The van der Waals surface area contributed by atoms with Crippen LogP contribution in [0.25, 0.3) is 0 Å². The third-order valence-corrected chi connectivity index (χ3v) is 1.54. The Morgan fingerprint density at radius 1 is 1.23 bits per heavy atom. The molecule has 2 N–H and O–H groups in total. The Morgan fingerprint density at radius 3 is 2.15 bits per heavy atom. The average Bonchev–Trinajstić information content (AvgIpc) is 2.17. The molecule has 0 radical (unpaired) electrons. The number of aliphatic hydroxyl groups is 2. The molecule has 1 aromatic rings. The van der Waals surface area contributed by atoms with Gasteiger partial charge in [-0.25, -0.2) is 0 Å². The van der Waals surface area contributed by atoms with Crippen molar-refractivity contribution in [1.82, 2.24) is 4.98 Å². The molecule has 1 aromatic heterocycles. The van der Waals surface area contributed by atoms with Crippen LogP contribution >= 0.6 is 0 Å². The molecule has 0 saturated heterocycles. The molecular weight excluding hydrogens is 170 g/mol. The molecule has 0 saturated carbocycles. The Labute approximate surface area is 76.8 Å². The number of hydrogen-bond acceptors (Lipinski definition) is 4. The summed E-state index contributed by atoms with van der Waals surface area (Å²) in [5.41, 5.74) is 1.02. The van der Waals surface area contributed by atoms with E-state index in [1.54, 1.807) is 12.1 Å². The highest BCUT2D eigenvalue weighted by Gasteiger charge is 2.01. The molecular formula is C9H13NO3. The molecule has 1 rings (SSSR count). The van der Waals surface area contributed by atoms with Gasteiger partial charge in [-0.15, -0.1) is 0 Å². The summed E-state index contributed by atoms with van der Waals surface area (Å²) < 4.78 is 5.23. The maximum atomic E-state index is 8.85. The van der Waals surface area contributed by atoms with Crippen molar-refractivity contribution in [2.24, 2.45) is 0 Å². The highest BCUT2D eigenvalue weighted by molar-refractivity contribution is 5.26. The van der Waals surface area contributed by atoms with E-state index >= 15 is 0 Å². The fourth-order valence-corrected chi connectivity index (χ4v) is 1.03. The second-order valence-electron chi connectivity index (χ2n) is 2.53. The largest absolute Gasteiger partial charge is 0.494 e. The lowest BCUT2D eigenvalue weighted by Gasteiger charge is -2.06. The van der Waals surface area contributed by atoms with Crippen molar-refractivity contribution in [3.05, 3.63) is 23.5 Å². The van der Waals surface area contributed by atoms with Crippen molar-refractivity contribution < 1.29 is 14.9 Å². The van der Waals surface area contributed by atoms with E-state index in [0.29, 0.717) is 23.7 Å². The lowest BCUT2D eigenvalue weighted by Crippen LogP contribution is -1.99. The van der Waals surface area contributed by atoms with Gasteiger partial charge >= 0.3 is 0 Å². The third-order valence-electron chi connectivity index (χ3n) is 1.54. The van der Waals surface area contributed by atoms with Crippen LogP contribution in [0.4, 0.5) is 0 Å². The van der Waals surface area contributed by atoms with Gasteiger partial charge in [0.05, 0.1) is 31.2 Å². The van der Waals surface area contributed by atoms with Gasteiger partial charge in [0.1, 0.15) is 5.75 Å². The zero-order chi connectivity index (χ0) is 9.68. The molecule has 4 nitrogen and oxygen atoms in total. The van der Waals surface area contributed by atoms with E-state index in [1.165, 1.54) is 0 Å². The minimum absolute atomic E-state index is 0.145. The van der Waals surface area contributed by atoms with Crippen LogP contribution in [0, 0.1) is 0 Å². The van der Waals surface area contributed by atoms with Crippen LogP contribution in [0.1, 0.15) is 18.3 Å². The average molecular weight is 183 g/mol. The number of aliphatic hydroxyl groups excluding tert-OH is 2. The predicted molar refractivity (Wildman–Crippen MR) is 47.3 cm³/mol. The maximum Gasteiger partial charge on any atom is 0.123 e. The fourth-order valence-electron chi connectivity index (χ4n) is 1.03. The number of rotatable bonds is 4. The van der Waals surface area contributed by atoms with Crippen LogP contribution in [0.3, 0.4) is 0 Å². The van der Waals surface area contributed by atoms with Crippen LogP contribution < -0.4 is 4.74 Å². The first-order valence-electron chi connectivity index (χ1n) is 4.14. The van der Waals surface area contributed by atoms with Crippen LogP contribution in [0.2, 0.25) is 0 Å². The van der Waals surface area contributed by atoms with Crippen molar-refractivity contribution in [3.63, 3.8) is 0 Å². The Balaban J connectivity index is 2.93. The quantitative estimate of drug-likeness (QED) is 0.712. The number of ether oxygens (including phenoxy) is 1. The van der Waals surface area contributed by atoms with E-state index in [2.05, 4.69) is 4.98 Å². The van der Waals surface area contributed by atoms with Crippen molar-refractivity contribution in [1.29, 1.82) is 0 Å². The number of aromatic nitrogens is 1. The zero-order valence-electron chi connectivity index (χ0n) is 7.53. The van der Waals surface area contributed by atoms with Gasteiger partial charge in [-0.2, -0.15) is 0 Å². The molecule has 0 aliphatic rings. The first kappa shape index (κ1) is 9.95. The summed E-state index contributed by atoms with van der Waals surface area (Å²) in [7, 11) is 0. The highest BCUT2D eigenvalue weighted by Crippen LogP contribution is 2.14. The standard InChI is InChI=1S/C9H13NO3/c1-2-13-9-3-7(5-11)10-8(4-9)6-12/h3-4,11-12H,2,5-6H2,1H3. The molecule has 0 spiro atoms. The molecule has 0 bridgehead atoms. The second-order valence-corrected chi connectivity index (χ2v) is 2.53. The summed E-state index contributed by atoms with van der Waals surface area (Å²) >= 11 is 0. The fraction of sp³-hybridized carbons (Fsp3) is 0.444. The second kappa shape index (κ2) is 4.79. The molecule has 0 aliphatic carbocycles.